The van der Waals surface area contributed by atoms with Gasteiger partial charge in [-0.1, -0.05) is 16.8 Å². The van der Waals surface area contributed by atoms with Crippen LogP contribution in [-0.4, -0.2) is 21.5 Å². The molecule has 174 valence electrons. The summed E-state index contributed by atoms with van der Waals surface area (Å²) in [5.74, 6) is -2.02. The van der Waals surface area contributed by atoms with E-state index in [0.717, 1.165) is 17.3 Å². The zero-order chi connectivity index (χ0) is 23.9. The summed E-state index contributed by atoms with van der Waals surface area (Å²) in [5.41, 5.74) is 6.50. The molecule has 1 aliphatic heterocycles. The minimum atomic E-state index is -1.09. The van der Waals surface area contributed by atoms with Gasteiger partial charge in [0.25, 0.3) is 5.91 Å². The Morgan fingerprint density at radius 1 is 1.36 bits per heavy atom. The van der Waals surface area contributed by atoms with Crippen molar-refractivity contribution in [3.63, 3.8) is 0 Å². The molecule has 0 spiro atoms. The first-order valence-electron chi connectivity index (χ1n) is 10.1. The van der Waals surface area contributed by atoms with E-state index in [1.807, 2.05) is 13.8 Å². The number of aryl methyl sites for hydroxylation is 2. The topological polar surface area (TPSA) is 106 Å². The number of nitrogens with zero attached hydrogens (tertiary/aromatic N) is 2. The molecule has 1 saturated heterocycles. The highest BCUT2D eigenvalue weighted by atomic mass is 35.5. The van der Waals surface area contributed by atoms with E-state index in [4.69, 9.17) is 21.9 Å². The summed E-state index contributed by atoms with van der Waals surface area (Å²) in [4.78, 5) is 16.5. The summed E-state index contributed by atoms with van der Waals surface area (Å²) in [6.07, 6.45) is 1.72. The number of hydrogen-bond donors (Lipinski definition) is 3. The van der Waals surface area contributed by atoms with Crippen LogP contribution in [-0.2, 0) is 5.54 Å². The molecule has 3 atom stereocenters. The largest absolute Gasteiger partial charge is 0.361 e. The Balaban J connectivity index is 1.67. The van der Waals surface area contributed by atoms with Crippen molar-refractivity contribution in [2.24, 2.45) is 5.73 Å². The van der Waals surface area contributed by atoms with Crippen molar-refractivity contribution in [2.75, 3.05) is 5.32 Å². The average Bonchev–Trinajstić information content (AvgIpc) is 3.08. The van der Waals surface area contributed by atoms with Gasteiger partial charge in [0.05, 0.1) is 10.7 Å². The van der Waals surface area contributed by atoms with Gasteiger partial charge in [-0.2, -0.15) is 0 Å². The Hall–Kier alpha value is -2.53. The number of aromatic nitrogens is 2. The van der Waals surface area contributed by atoms with Gasteiger partial charge in [-0.3, -0.25) is 10.1 Å². The molecule has 3 aromatic rings. The van der Waals surface area contributed by atoms with Crippen LogP contribution in [0.25, 0.3) is 0 Å². The third kappa shape index (κ3) is 4.74. The van der Waals surface area contributed by atoms with Crippen molar-refractivity contribution < 1.29 is 18.1 Å². The van der Waals surface area contributed by atoms with E-state index >= 15 is 4.39 Å². The second-order valence-electron chi connectivity index (χ2n) is 8.10. The van der Waals surface area contributed by atoms with Gasteiger partial charge in [0.1, 0.15) is 17.0 Å². The predicted molar refractivity (Wildman–Crippen MR) is 123 cm³/mol. The molecule has 1 amide bonds. The maximum Gasteiger partial charge on any atom is 0.274 e. The van der Waals surface area contributed by atoms with Crippen molar-refractivity contribution in [3.8, 4) is 0 Å². The molecule has 0 saturated carbocycles. The Bertz CT molecular complexity index is 1190. The second-order valence-corrected chi connectivity index (χ2v) is 9.88. The van der Waals surface area contributed by atoms with Crippen molar-refractivity contribution in [3.05, 3.63) is 75.4 Å². The number of carbonyl (C=O) groups excluding carboxylic acids is 1. The summed E-state index contributed by atoms with van der Waals surface area (Å²) in [6.45, 7) is 5.39. The lowest BCUT2D eigenvalue weighted by Gasteiger charge is -2.42. The fraction of sp³-hybridized carbons (Fsp3) is 0.318. The molecule has 7 nitrogen and oxygen atoms in total. The van der Waals surface area contributed by atoms with Crippen LogP contribution in [0.2, 0.25) is 5.02 Å². The van der Waals surface area contributed by atoms with E-state index in [1.165, 1.54) is 36.2 Å². The molecule has 1 unspecified atom stereocenters. The summed E-state index contributed by atoms with van der Waals surface area (Å²) >= 11 is 7.26. The Labute approximate surface area is 198 Å². The molecule has 3 heterocycles. The van der Waals surface area contributed by atoms with Gasteiger partial charge >= 0.3 is 0 Å². The maximum atomic E-state index is 15.0. The Morgan fingerprint density at radius 3 is 2.76 bits per heavy atom. The molecule has 2 aromatic heterocycles. The van der Waals surface area contributed by atoms with Gasteiger partial charge < -0.3 is 15.6 Å². The number of rotatable bonds is 4. The van der Waals surface area contributed by atoms with Crippen molar-refractivity contribution in [1.29, 1.82) is 0 Å². The first kappa shape index (κ1) is 23.6. The molecule has 33 heavy (non-hydrogen) atoms. The molecule has 1 fully saturated rings. The van der Waals surface area contributed by atoms with Gasteiger partial charge in [-0.25, -0.2) is 13.8 Å². The van der Waals surface area contributed by atoms with Crippen LogP contribution in [0.3, 0.4) is 0 Å². The highest BCUT2D eigenvalue weighted by Gasteiger charge is 2.42. The normalized spacial score (nSPS) is 22.9. The number of benzene rings is 1. The number of pyridine rings is 1. The number of anilines is 1. The van der Waals surface area contributed by atoms with E-state index in [0.29, 0.717) is 17.2 Å². The fourth-order valence-corrected chi connectivity index (χ4v) is 5.77. The molecule has 1 aromatic carbocycles. The van der Waals surface area contributed by atoms with Crippen molar-refractivity contribution >= 4 is 35.0 Å². The molecule has 1 aliphatic rings. The summed E-state index contributed by atoms with van der Waals surface area (Å²) in [5, 5.41) is 9.96. The highest BCUT2D eigenvalue weighted by molar-refractivity contribution is 8.00. The fourth-order valence-electron chi connectivity index (χ4n) is 4.08. The second kappa shape index (κ2) is 9.02. The maximum absolute atomic E-state index is 15.0. The minimum absolute atomic E-state index is 0.0503. The number of nitrogens with two attached hydrogens (primary N) is 1. The number of amides is 1. The monoisotopic (exact) mass is 493 g/mol. The number of nitrogens with one attached hydrogen (secondary N) is 2. The van der Waals surface area contributed by atoms with Crippen LogP contribution in [0.15, 0.2) is 35.0 Å². The number of hydrogen-bond acceptors (Lipinski definition) is 7. The predicted octanol–water partition coefficient (Wildman–Crippen LogP) is 4.80. The van der Waals surface area contributed by atoms with E-state index in [1.54, 1.807) is 6.92 Å². The summed E-state index contributed by atoms with van der Waals surface area (Å²) in [6, 6.07) is 5.29. The van der Waals surface area contributed by atoms with Crippen molar-refractivity contribution in [1.82, 2.24) is 15.5 Å². The molecular weight excluding hydrogens is 472 g/mol. The van der Waals surface area contributed by atoms with Crippen LogP contribution in [0, 0.1) is 25.5 Å². The van der Waals surface area contributed by atoms with Crippen LogP contribution in [0.1, 0.15) is 51.7 Å². The first-order chi connectivity index (χ1) is 15.6. The van der Waals surface area contributed by atoms with Gasteiger partial charge in [-0.05, 0) is 45.4 Å². The van der Waals surface area contributed by atoms with E-state index in [2.05, 4.69) is 20.8 Å². The van der Waals surface area contributed by atoms with Crippen LogP contribution in [0.5, 0.6) is 0 Å². The van der Waals surface area contributed by atoms with E-state index in [9.17, 15) is 9.18 Å². The number of carbonyl (C=O) groups is 1. The molecule has 4 rings (SSSR count). The third-order valence-electron chi connectivity index (χ3n) is 5.62. The van der Waals surface area contributed by atoms with Crippen LogP contribution < -0.4 is 16.4 Å². The van der Waals surface area contributed by atoms with Gasteiger partial charge in [0.15, 0.2) is 11.6 Å². The summed E-state index contributed by atoms with van der Waals surface area (Å²) < 4.78 is 34.9. The standard InChI is InChI=1S/C22H22ClF2N5O2S/c1-10-18(11(2)32-30-10)17-8-22(3,29-21(26)33-17)14-6-13(7-15(24)19(14)25)28-20(31)16-5-4-12(23)9-27-16/h4-7,9,17,21,29H,8,26H2,1-3H3,(H,28,31)/t17-,21?,22-/m0/s1. The molecule has 0 radical (unpaired) electrons. The SMILES string of the molecule is Cc1noc(C)c1[C@@H]1C[C@@](C)(c2cc(NC(=O)c3ccc(Cl)cn3)cc(F)c2F)NC(N)S1. The van der Waals surface area contributed by atoms with Crippen molar-refractivity contribution in [2.45, 2.75) is 43.5 Å². The molecule has 0 aliphatic carbocycles. The zero-order valence-corrected chi connectivity index (χ0v) is 19.7. The van der Waals surface area contributed by atoms with Gasteiger partial charge in [0.2, 0.25) is 0 Å². The minimum Gasteiger partial charge on any atom is -0.361 e. The van der Waals surface area contributed by atoms with E-state index in [-0.39, 0.29) is 22.2 Å². The zero-order valence-electron chi connectivity index (χ0n) is 18.1. The van der Waals surface area contributed by atoms with Crippen LogP contribution in [0.4, 0.5) is 14.5 Å². The summed E-state index contributed by atoms with van der Waals surface area (Å²) in [7, 11) is 0. The Morgan fingerprint density at radius 2 is 2.12 bits per heavy atom. The molecule has 4 N–H and O–H groups in total. The average molecular weight is 494 g/mol. The molecule has 0 bridgehead atoms. The quantitative estimate of drug-likeness (QED) is 0.479. The van der Waals surface area contributed by atoms with Gasteiger partial charge in [-0.15, -0.1) is 11.8 Å². The molecular formula is C22H22ClF2N5O2S. The van der Waals surface area contributed by atoms with Gasteiger partial charge in [0, 0.05) is 39.9 Å². The van der Waals surface area contributed by atoms with Crippen LogP contribution >= 0.6 is 23.4 Å². The van der Waals surface area contributed by atoms with E-state index < -0.39 is 28.6 Å². The lowest BCUT2D eigenvalue weighted by molar-refractivity contribution is 0.102. The lowest BCUT2D eigenvalue weighted by Crippen LogP contribution is -2.53. The number of halogens is 3. The first-order valence-corrected chi connectivity index (χ1v) is 11.4. The highest BCUT2D eigenvalue weighted by Crippen LogP contribution is 2.48. The Kier molecular flexibility index (Phi) is 6.45. The lowest BCUT2D eigenvalue weighted by atomic mass is 9.84. The molecule has 11 heteroatoms. The third-order valence-corrected chi connectivity index (χ3v) is 6.98. The smallest absolute Gasteiger partial charge is 0.274 e. The number of thioether (sulfide) groups is 1.